The van der Waals surface area contributed by atoms with Crippen molar-refractivity contribution in [2.45, 2.75) is 32.9 Å². The average Bonchev–Trinajstić information content (AvgIpc) is 2.77. The third-order valence-corrected chi connectivity index (χ3v) is 2.29. The predicted octanol–water partition coefficient (Wildman–Crippen LogP) is 2.29. The molecule has 1 aromatic heterocycles. The number of hydrogen-bond acceptors (Lipinski definition) is 4. The molecule has 1 aromatic carbocycles. The van der Waals surface area contributed by atoms with E-state index < -0.39 is 0 Å². The lowest BCUT2D eigenvalue weighted by molar-refractivity contribution is -0.0761. The van der Waals surface area contributed by atoms with Crippen LogP contribution in [0, 0.1) is 0 Å². The summed E-state index contributed by atoms with van der Waals surface area (Å²) >= 11 is 0. The van der Waals surface area contributed by atoms with Crippen molar-refractivity contribution in [3.05, 3.63) is 36.0 Å². The molecule has 2 N–H and O–H groups in total. The summed E-state index contributed by atoms with van der Waals surface area (Å²) in [7, 11) is 0. The van der Waals surface area contributed by atoms with Crippen LogP contribution in [0.4, 0.5) is 0 Å². The zero-order valence-corrected chi connectivity index (χ0v) is 10.9. The molecule has 5 heteroatoms. The summed E-state index contributed by atoms with van der Waals surface area (Å²) in [6.07, 6.45) is 0. The monoisotopic (exact) mass is 246 g/mol. The van der Waals surface area contributed by atoms with Gasteiger partial charge < -0.3 is 0 Å². The largest absolute Gasteiger partial charge is 0.296 e. The standard InChI is InChI=1S/C13H18N4O/c1-13(2,3)18-14-9-11-12(16-17-15-11)10-7-5-4-6-8-10/h4-8,14H,9H2,1-3H3,(H,15,16,17). The molecule has 0 aliphatic carbocycles. The molecule has 1 heterocycles. The van der Waals surface area contributed by atoms with Crippen molar-refractivity contribution in [1.82, 2.24) is 20.9 Å². The molecule has 2 rings (SSSR count). The van der Waals surface area contributed by atoms with Crippen molar-refractivity contribution in [1.29, 1.82) is 0 Å². The van der Waals surface area contributed by atoms with E-state index in [1.54, 1.807) is 0 Å². The van der Waals surface area contributed by atoms with Crippen molar-refractivity contribution >= 4 is 0 Å². The van der Waals surface area contributed by atoms with Crippen LogP contribution >= 0.6 is 0 Å². The normalized spacial score (nSPS) is 11.7. The Morgan fingerprint density at radius 3 is 2.56 bits per heavy atom. The maximum absolute atomic E-state index is 5.46. The molecule has 2 aromatic rings. The van der Waals surface area contributed by atoms with Gasteiger partial charge in [-0.1, -0.05) is 30.3 Å². The Morgan fingerprint density at radius 2 is 1.89 bits per heavy atom. The van der Waals surface area contributed by atoms with Gasteiger partial charge in [0.1, 0.15) is 11.4 Å². The molecule has 0 bridgehead atoms. The molecule has 0 unspecified atom stereocenters. The smallest absolute Gasteiger partial charge is 0.117 e. The second kappa shape index (κ2) is 5.29. The molecule has 0 saturated carbocycles. The molecule has 0 spiro atoms. The third kappa shape index (κ3) is 3.38. The van der Waals surface area contributed by atoms with E-state index in [4.69, 9.17) is 4.84 Å². The number of hydroxylamine groups is 1. The van der Waals surface area contributed by atoms with Crippen molar-refractivity contribution in [2.24, 2.45) is 0 Å². The second-order valence-corrected chi connectivity index (χ2v) is 5.02. The molecule has 0 radical (unpaired) electrons. The SMILES string of the molecule is CC(C)(C)ONCc1n[nH]nc1-c1ccccc1. The van der Waals surface area contributed by atoms with Crippen LogP contribution in [0.3, 0.4) is 0 Å². The molecule has 0 fully saturated rings. The van der Waals surface area contributed by atoms with Crippen molar-refractivity contribution < 1.29 is 4.84 Å². The minimum atomic E-state index is -0.226. The first-order chi connectivity index (χ1) is 8.56. The van der Waals surface area contributed by atoms with Gasteiger partial charge in [-0.05, 0) is 20.8 Å². The van der Waals surface area contributed by atoms with Crippen LogP contribution in [0.15, 0.2) is 30.3 Å². The Balaban J connectivity index is 2.05. The van der Waals surface area contributed by atoms with E-state index >= 15 is 0 Å². The van der Waals surface area contributed by atoms with Crippen LogP contribution in [0.25, 0.3) is 11.3 Å². The summed E-state index contributed by atoms with van der Waals surface area (Å²) < 4.78 is 0. The fourth-order valence-electron chi connectivity index (χ4n) is 1.52. The lowest BCUT2D eigenvalue weighted by Crippen LogP contribution is -2.29. The van der Waals surface area contributed by atoms with Gasteiger partial charge in [-0.2, -0.15) is 20.9 Å². The fourth-order valence-corrected chi connectivity index (χ4v) is 1.52. The van der Waals surface area contributed by atoms with Crippen LogP contribution in [0.5, 0.6) is 0 Å². The quantitative estimate of drug-likeness (QED) is 0.812. The molecule has 0 atom stereocenters. The summed E-state index contributed by atoms with van der Waals surface area (Å²) in [6.45, 7) is 6.47. The van der Waals surface area contributed by atoms with Gasteiger partial charge in [-0.15, -0.1) is 0 Å². The highest BCUT2D eigenvalue weighted by Gasteiger charge is 2.13. The molecule has 0 saturated heterocycles. The highest BCUT2D eigenvalue weighted by molar-refractivity contribution is 5.60. The zero-order chi connectivity index (χ0) is 13.0. The Morgan fingerprint density at radius 1 is 1.17 bits per heavy atom. The van der Waals surface area contributed by atoms with E-state index in [9.17, 15) is 0 Å². The van der Waals surface area contributed by atoms with Crippen LogP contribution in [0.1, 0.15) is 26.5 Å². The number of hydrogen-bond donors (Lipinski definition) is 2. The topological polar surface area (TPSA) is 62.8 Å². The molecule has 18 heavy (non-hydrogen) atoms. The predicted molar refractivity (Wildman–Crippen MR) is 69.5 cm³/mol. The van der Waals surface area contributed by atoms with Gasteiger partial charge in [-0.3, -0.25) is 4.84 Å². The van der Waals surface area contributed by atoms with E-state index in [1.807, 2.05) is 51.1 Å². The molecular formula is C13H18N4O. The highest BCUT2D eigenvalue weighted by Crippen LogP contribution is 2.18. The van der Waals surface area contributed by atoms with Gasteiger partial charge in [0, 0.05) is 5.56 Å². The average molecular weight is 246 g/mol. The first-order valence-electron chi connectivity index (χ1n) is 5.92. The number of benzene rings is 1. The molecule has 96 valence electrons. The summed E-state index contributed by atoms with van der Waals surface area (Å²) in [5.74, 6) is 0. The van der Waals surface area contributed by atoms with Gasteiger partial charge in [-0.25, -0.2) is 0 Å². The minimum Gasteiger partial charge on any atom is -0.296 e. The maximum Gasteiger partial charge on any atom is 0.117 e. The molecule has 0 amide bonds. The zero-order valence-electron chi connectivity index (χ0n) is 10.9. The minimum absolute atomic E-state index is 0.226. The first-order valence-corrected chi connectivity index (χ1v) is 5.92. The van der Waals surface area contributed by atoms with E-state index in [1.165, 1.54) is 0 Å². The highest BCUT2D eigenvalue weighted by atomic mass is 16.7. The van der Waals surface area contributed by atoms with E-state index in [-0.39, 0.29) is 5.60 Å². The van der Waals surface area contributed by atoms with Gasteiger partial charge >= 0.3 is 0 Å². The van der Waals surface area contributed by atoms with Crippen molar-refractivity contribution in [2.75, 3.05) is 0 Å². The van der Waals surface area contributed by atoms with E-state index in [2.05, 4.69) is 20.9 Å². The van der Waals surface area contributed by atoms with Crippen LogP contribution in [-0.2, 0) is 11.4 Å². The Hall–Kier alpha value is -1.72. The lowest BCUT2D eigenvalue weighted by Gasteiger charge is -2.18. The number of H-pyrrole nitrogens is 1. The second-order valence-electron chi connectivity index (χ2n) is 5.02. The molecule has 0 aliphatic heterocycles. The number of aromatic amines is 1. The van der Waals surface area contributed by atoms with E-state index in [0.717, 1.165) is 17.0 Å². The van der Waals surface area contributed by atoms with Crippen LogP contribution in [0.2, 0.25) is 0 Å². The number of nitrogens with one attached hydrogen (secondary N) is 2. The Labute approximate surface area is 107 Å². The van der Waals surface area contributed by atoms with Crippen LogP contribution < -0.4 is 5.48 Å². The third-order valence-electron chi connectivity index (χ3n) is 2.29. The summed E-state index contributed by atoms with van der Waals surface area (Å²) in [4.78, 5) is 5.46. The van der Waals surface area contributed by atoms with Crippen molar-refractivity contribution in [3.8, 4) is 11.3 Å². The van der Waals surface area contributed by atoms with Gasteiger partial charge in [0.15, 0.2) is 0 Å². The summed E-state index contributed by atoms with van der Waals surface area (Å²) in [5.41, 5.74) is 5.42. The molecular weight excluding hydrogens is 228 g/mol. The molecule has 5 nitrogen and oxygen atoms in total. The first kappa shape index (κ1) is 12.7. The van der Waals surface area contributed by atoms with Gasteiger partial charge in [0.25, 0.3) is 0 Å². The van der Waals surface area contributed by atoms with Gasteiger partial charge in [0.05, 0.1) is 12.1 Å². The summed E-state index contributed by atoms with van der Waals surface area (Å²) in [5, 5.41) is 11.0. The molecule has 0 aliphatic rings. The number of aromatic nitrogens is 3. The van der Waals surface area contributed by atoms with Gasteiger partial charge in [0.2, 0.25) is 0 Å². The van der Waals surface area contributed by atoms with Crippen LogP contribution in [-0.4, -0.2) is 21.0 Å². The Bertz CT molecular complexity index is 487. The lowest BCUT2D eigenvalue weighted by atomic mass is 10.1. The number of nitrogens with zero attached hydrogens (tertiary/aromatic N) is 2. The van der Waals surface area contributed by atoms with Crippen molar-refractivity contribution in [3.63, 3.8) is 0 Å². The summed E-state index contributed by atoms with van der Waals surface area (Å²) in [6, 6.07) is 9.95. The van der Waals surface area contributed by atoms with E-state index in [0.29, 0.717) is 6.54 Å². The maximum atomic E-state index is 5.46. The number of rotatable bonds is 4. The Kier molecular flexibility index (Phi) is 3.74. The fraction of sp³-hybridized carbons (Fsp3) is 0.385.